The second-order valence-corrected chi connectivity index (χ2v) is 11.7. The van der Waals surface area contributed by atoms with Gasteiger partial charge in [0.2, 0.25) is 0 Å². The van der Waals surface area contributed by atoms with Gasteiger partial charge in [0, 0.05) is 12.2 Å². The molecule has 2 aromatic carbocycles. The van der Waals surface area contributed by atoms with Gasteiger partial charge in [-0.25, -0.2) is 0 Å². The minimum atomic E-state index is -0.886. The number of carbonyl (C=O) groups excluding carboxylic acids is 2. The number of fused-ring (bicyclic) bond motifs is 1. The third-order valence-electron chi connectivity index (χ3n) is 7.48. The van der Waals surface area contributed by atoms with Crippen LogP contribution in [0.25, 0.3) is 0 Å². The Hall–Kier alpha value is -3.42. The Labute approximate surface area is 257 Å². The summed E-state index contributed by atoms with van der Waals surface area (Å²) < 4.78 is 40.8. The lowest BCUT2D eigenvalue weighted by Crippen LogP contribution is -2.45. The third-order valence-corrected chi connectivity index (χ3v) is 7.48. The lowest BCUT2D eigenvalue weighted by Gasteiger charge is -2.28. The average Bonchev–Trinajstić information content (AvgIpc) is 3.62. The number of esters is 2. The van der Waals surface area contributed by atoms with Crippen molar-refractivity contribution in [2.75, 3.05) is 31.2 Å². The zero-order valence-corrected chi connectivity index (χ0v) is 25.8. The summed E-state index contributed by atoms with van der Waals surface area (Å²) in [7, 11) is 0. The Bertz CT molecular complexity index is 1300. The summed E-state index contributed by atoms with van der Waals surface area (Å²) in [6, 6.07) is 17.2. The standard InChI is InChI=1S/C32H41N3O9/c1-6-35(23-14-12-22(13-15-23)34-33-21-10-8-7-9-11-21)18-19-38-25(36)16-17-26(37)40-28-27(24-20-39-31(2,3)42-24)41-30-29(28)43-32(4,5)44-30/h7-15,24,27-30H,6,16-20H2,1-5H3/t24-,27-,28+,29-,30-/m1/s1. The van der Waals surface area contributed by atoms with Gasteiger partial charge in [-0.2, -0.15) is 10.2 Å². The van der Waals surface area contributed by atoms with E-state index in [1.165, 1.54) is 0 Å². The van der Waals surface area contributed by atoms with E-state index in [-0.39, 0.29) is 26.1 Å². The number of rotatable bonds is 12. The highest BCUT2D eigenvalue weighted by molar-refractivity contribution is 5.77. The molecule has 2 aromatic rings. The van der Waals surface area contributed by atoms with E-state index < -0.39 is 54.2 Å². The van der Waals surface area contributed by atoms with Crippen molar-refractivity contribution < 1.29 is 42.7 Å². The highest BCUT2D eigenvalue weighted by atomic mass is 16.8. The normalized spacial score (nSPS) is 26.9. The van der Waals surface area contributed by atoms with Crippen molar-refractivity contribution in [1.82, 2.24) is 0 Å². The summed E-state index contributed by atoms with van der Waals surface area (Å²) in [5.74, 6) is -2.71. The van der Waals surface area contributed by atoms with Crippen molar-refractivity contribution >= 4 is 29.0 Å². The Kier molecular flexibility index (Phi) is 9.96. The number of azo groups is 1. The zero-order chi connectivity index (χ0) is 31.3. The SMILES string of the molecule is CCN(CCOC(=O)CCC(=O)O[C@@H]1[C@H]2OC(C)(C)O[C@H]2O[C@@H]1[C@H]1COC(C)(C)O1)c1ccc(N=Nc2ccccc2)cc1. The molecule has 0 aliphatic carbocycles. The molecule has 0 amide bonds. The van der Waals surface area contributed by atoms with Gasteiger partial charge in [0.1, 0.15) is 18.8 Å². The van der Waals surface area contributed by atoms with Gasteiger partial charge in [-0.1, -0.05) is 18.2 Å². The van der Waals surface area contributed by atoms with Gasteiger partial charge in [0.15, 0.2) is 30.1 Å². The van der Waals surface area contributed by atoms with Crippen LogP contribution in [0, 0.1) is 0 Å². The molecular formula is C32H41N3O9. The number of hydrogen-bond acceptors (Lipinski definition) is 12. The van der Waals surface area contributed by atoms with Gasteiger partial charge in [-0.15, -0.1) is 0 Å². The van der Waals surface area contributed by atoms with Crippen LogP contribution >= 0.6 is 0 Å². The minimum Gasteiger partial charge on any atom is -0.464 e. The summed E-state index contributed by atoms with van der Waals surface area (Å²) in [4.78, 5) is 27.4. The number of hydrogen-bond donors (Lipinski definition) is 0. The quantitative estimate of drug-likeness (QED) is 0.234. The molecule has 3 heterocycles. The Morgan fingerprint density at radius 3 is 2.20 bits per heavy atom. The van der Waals surface area contributed by atoms with Gasteiger partial charge in [0.25, 0.3) is 0 Å². The van der Waals surface area contributed by atoms with Crippen LogP contribution < -0.4 is 4.90 Å². The van der Waals surface area contributed by atoms with Gasteiger partial charge >= 0.3 is 11.9 Å². The first-order valence-corrected chi connectivity index (χ1v) is 15.0. The Balaban J connectivity index is 1.06. The maximum Gasteiger partial charge on any atom is 0.306 e. The lowest BCUT2D eigenvalue weighted by molar-refractivity contribution is -0.235. The third kappa shape index (κ3) is 8.19. The van der Waals surface area contributed by atoms with Crippen LogP contribution in [0.4, 0.5) is 17.1 Å². The highest BCUT2D eigenvalue weighted by Crippen LogP contribution is 2.42. The second kappa shape index (κ2) is 13.7. The molecule has 12 heteroatoms. The fourth-order valence-corrected chi connectivity index (χ4v) is 5.38. The molecule has 0 spiro atoms. The lowest BCUT2D eigenvalue weighted by atomic mass is 10.1. The van der Waals surface area contributed by atoms with Crippen LogP contribution in [0.5, 0.6) is 0 Å². The fraction of sp³-hybridized carbons (Fsp3) is 0.562. The van der Waals surface area contributed by atoms with Crippen molar-refractivity contribution in [1.29, 1.82) is 0 Å². The van der Waals surface area contributed by atoms with E-state index in [4.69, 9.17) is 33.2 Å². The smallest absolute Gasteiger partial charge is 0.306 e. The molecule has 3 saturated heterocycles. The first-order chi connectivity index (χ1) is 21.0. The fourth-order valence-electron chi connectivity index (χ4n) is 5.38. The van der Waals surface area contributed by atoms with Crippen LogP contribution in [0.3, 0.4) is 0 Å². The summed E-state index contributed by atoms with van der Waals surface area (Å²) in [5.41, 5.74) is 2.49. The number of ether oxygens (including phenoxy) is 7. The number of likely N-dealkylation sites (N-methyl/N-ethyl adjacent to an activating group) is 1. The first-order valence-electron chi connectivity index (χ1n) is 15.0. The van der Waals surface area contributed by atoms with E-state index in [0.29, 0.717) is 6.54 Å². The molecule has 238 valence electrons. The van der Waals surface area contributed by atoms with E-state index >= 15 is 0 Å². The van der Waals surface area contributed by atoms with Crippen molar-refractivity contribution in [3.63, 3.8) is 0 Å². The van der Waals surface area contributed by atoms with Crippen molar-refractivity contribution in [3.8, 4) is 0 Å². The maximum absolute atomic E-state index is 12.8. The molecule has 5 atom stereocenters. The molecule has 3 aliphatic heterocycles. The van der Waals surface area contributed by atoms with Crippen LogP contribution in [-0.2, 0) is 42.7 Å². The molecule has 0 radical (unpaired) electrons. The maximum atomic E-state index is 12.8. The summed E-state index contributed by atoms with van der Waals surface area (Å²) in [6.07, 6.45) is -3.48. The molecule has 44 heavy (non-hydrogen) atoms. The van der Waals surface area contributed by atoms with E-state index in [9.17, 15) is 9.59 Å². The summed E-state index contributed by atoms with van der Waals surface area (Å²) in [6.45, 7) is 10.8. The average molecular weight is 612 g/mol. The van der Waals surface area contributed by atoms with Crippen molar-refractivity contribution in [2.45, 2.75) is 89.7 Å². The molecule has 0 aromatic heterocycles. The number of benzene rings is 2. The molecule has 0 N–H and O–H groups in total. The Morgan fingerprint density at radius 1 is 0.864 bits per heavy atom. The van der Waals surface area contributed by atoms with Gasteiger partial charge in [-0.05, 0) is 71.0 Å². The topological polar surface area (TPSA) is 127 Å². The molecule has 0 saturated carbocycles. The number of nitrogens with zero attached hydrogens (tertiary/aromatic N) is 3. The van der Waals surface area contributed by atoms with Crippen molar-refractivity contribution in [2.24, 2.45) is 10.2 Å². The molecule has 0 unspecified atom stereocenters. The van der Waals surface area contributed by atoms with Crippen LogP contribution in [0.15, 0.2) is 64.8 Å². The van der Waals surface area contributed by atoms with Gasteiger partial charge < -0.3 is 38.1 Å². The first kappa shape index (κ1) is 32.0. The minimum absolute atomic E-state index is 0.114. The molecule has 0 bridgehead atoms. The second-order valence-electron chi connectivity index (χ2n) is 11.7. The molecular weight excluding hydrogens is 570 g/mol. The molecule has 5 rings (SSSR count). The van der Waals surface area contributed by atoms with Gasteiger partial charge in [-0.3, -0.25) is 9.59 Å². The van der Waals surface area contributed by atoms with Crippen LogP contribution in [0.2, 0.25) is 0 Å². The summed E-state index contributed by atoms with van der Waals surface area (Å²) >= 11 is 0. The van der Waals surface area contributed by atoms with E-state index in [0.717, 1.165) is 23.6 Å². The number of carbonyl (C=O) groups is 2. The van der Waals surface area contributed by atoms with Crippen LogP contribution in [-0.4, -0.2) is 80.5 Å². The predicted molar refractivity (Wildman–Crippen MR) is 159 cm³/mol. The highest BCUT2D eigenvalue weighted by Gasteiger charge is 2.60. The molecule has 3 aliphatic rings. The van der Waals surface area contributed by atoms with Crippen molar-refractivity contribution in [3.05, 3.63) is 54.6 Å². The Morgan fingerprint density at radius 2 is 1.55 bits per heavy atom. The van der Waals surface area contributed by atoms with E-state index in [1.807, 2.05) is 75.4 Å². The van der Waals surface area contributed by atoms with Gasteiger partial charge in [0.05, 0.1) is 37.4 Å². The van der Waals surface area contributed by atoms with Crippen LogP contribution in [0.1, 0.15) is 47.5 Å². The predicted octanol–water partition coefficient (Wildman–Crippen LogP) is 5.19. The van der Waals surface area contributed by atoms with E-state index in [1.54, 1.807) is 13.8 Å². The van der Waals surface area contributed by atoms with E-state index in [2.05, 4.69) is 15.1 Å². The largest absolute Gasteiger partial charge is 0.464 e. The molecule has 3 fully saturated rings. The zero-order valence-electron chi connectivity index (χ0n) is 25.8. The number of anilines is 1. The molecule has 12 nitrogen and oxygen atoms in total. The monoisotopic (exact) mass is 611 g/mol. The summed E-state index contributed by atoms with van der Waals surface area (Å²) in [5, 5.41) is 8.51.